The lowest BCUT2D eigenvalue weighted by molar-refractivity contribution is -0.128. The SMILES string of the molecule is COc1ccc(N2CCC(=O)NC(C)(C)C2=O)c(OC)c1. The molecule has 6 nitrogen and oxygen atoms in total. The van der Waals surface area contributed by atoms with Crippen molar-refractivity contribution in [2.75, 3.05) is 25.7 Å². The van der Waals surface area contributed by atoms with Crippen LogP contribution >= 0.6 is 0 Å². The normalized spacial score (nSPS) is 18.0. The molecule has 1 heterocycles. The fraction of sp³-hybridized carbons (Fsp3) is 0.467. The van der Waals surface area contributed by atoms with Crippen molar-refractivity contribution in [1.29, 1.82) is 0 Å². The summed E-state index contributed by atoms with van der Waals surface area (Å²) in [4.78, 5) is 26.0. The number of anilines is 1. The second-order valence-corrected chi connectivity index (χ2v) is 5.42. The van der Waals surface area contributed by atoms with Gasteiger partial charge in [-0.25, -0.2) is 0 Å². The van der Waals surface area contributed by atoms with Crippen LogP contribution in [-0.4, -0.2) is 38.1 Å². The lowest BCUT2D eigenvalue weighted by Gasteiger charge is -2.29. The van der Waals surface area contributed by atoms with Crippen LogP contribution in [0.5, 0.6) is 11.5 Å². The van der Waals surface area contributed by atoms with E-state index in [0.29, 0.717) is 23.7 Å². The zero-order chi connectivity index (χ0) is 15.6. The predicted molar refractivity (Wildman–Crippen MR) is 78.7 cm³/mol. The van der Waals surface area contributed by atoms with E-state index < -0.39 is 5.54 Å². The molecule has 1 saturated heterocycles. The first-order chi connectivity index (χ1) is 9.89. The maximum absolute atomic E-state index is 12.7. The number of carbonyl (C=O) groups excluding carboxylic acids is 2. The highest BCUT2D eigenvalue weighted by atomic mass is 16.5. The molecule has 0 bridgehead atoms. The van der Waals surface area contributed by atoms with Gasteiger partial charge in [-0.2, -0.15) is 0 Å². The number of methoxy groups -OCH3 is 2. The maximum atomic E-state index is 12.7. The number of nitrogens with zero attached hydrogens (tertiary/aromatic N) is 1. The summed E-state index contributed by atoms with van der Waals surface area (Å²) < 4.78 is 10.5. The van der Waals surface area contributed by atoms with Gasteiger partial charge in [0.2, 0.25) is 5.91 Å². The molecule has 0 radical (unpaired) electrons. The van der Waals surface area contributed by atoms with Gasteiger partial charge in [0.25, 0.3) is 5.91 Å². The Bertz CT molecular complexity index is 569. The van der Waals surface area contributed by atoms with Crippen LogP contribution in [0.4, 0.5) is 5.69 Å². The Morgan fingerprint density at radius 3 is 2.52 bits per heavy atom. The number of rotatable bonds is 3. The molecule has 1 aromatic rings. The number of hydrogen-bond donors (Lipinski definition) is 1. The zero-order valence-corrected chi connectivity index (χ0v) is 12.7. The largest absolute Gasteiger partial charge is 0.497 e. The molecule has 0 spiro atoms. The molecule has 1 aliphatic heterocycles. The van der Waals surface area contributed by atoms with Crippen molar-refractivity contribution in [2.45, 2.75) is 25.8 Å². The summed E-state index contributed by atoms with van der Waals surface area (Å²) in [5.41, 5.74) is -0.314. The van der Waals surface area contributed by atoms with Gasteiger partial charge in [-0.05, 0) is 26.0 Å². The summed E-state index contributed by atoms with van der Waals surface area (Å²) in [6, 6.07) is 5.25. The summed E-state index contributed by atoms with van der Waals surface area (Å²) in [6.45, 7) is 3.71. The highest BCUT2D eigenvalue weighted by molar-refractivity contribution is 6.04. The van der Waals surface area contributed by atoms with Gasteiger partial charge in [0.15, 0.2) is 0 Å². The van der Waals surface area contributed by atoms with Gasteiger partial charge in [0.05, 0.1) is 19.9 Å². The quantitative estimate of drug-likeness (QED) is 0.912. The number of benzene rings is 1. The van der Waals surface area contributed by atoms with E-state index in [9.17, 15) is 9.59 Å². The highest BCUT2D eigenvalue weighted by Gasteiger charge is 2.38. The smallest absolute Gasteiger partial charge is 0.252 e. The molecule has 0 aliphatic carbocycles. The van der Waals surface area contributed by atoms with Crippen LogP contribution < -0.4 is 19.7 Å². The van der Waals surface area contributed by atoms with Gasteiger partial charge < -0.3 is 19.7 Å². The molecular weight excluding hydrogens is 272 g/mol. The lowest BCUT2D eigenvalue weighted by atomic mass is 10.0. The van der Waals surface area contributed by atoms with Gasteiger partial charge in [-0.15, -0.1) is 0 Å². The molecule has 1 fully saturated rings. The van der Waals surface area contributed by atoms with Crippen molar-refractivity contribution in [3.05, 3.63) is 18.2 Å². The molecule has 2 amide bonds. The molecular formula is C15H20N2O4. The number of amides is 2. The molecule has 2 rings (SSSR count). The molecule has 0 atom stereocenters. The van der Waals surface area contributed by atoms with Gasteiger partial charge in [0, 0.05) is 19.0 Å². The van der Waals surface area contributed by atoms with Crippen molar-refractivity contribution in [3.8, 4) is 11.5 Å². The number of ether oxygens (including phenoxy) is 2. The van der Waals surface area contributed by atoms with Crippen molar-refractivity contribution >= 4 is 17.5 Å². The Hall–Kier alpha value is -2.24. The van der Waals surface area contributed by atoms with Crippen molar-refractivity contribution < 1.29 is 19.1 Å². The number of carbonyl (C=O) groups is 2. The number of hydrogen-bond acceptors (Lipinski definition) is 4. The minimum atomic E-state index is -0.946. The Morgan fingerprint density at radius 2 is 1.90 bits per heavy atom. The average Bonchev–Trinajstić information content (AvgIpc) is 2.55. The molecule has 21 heavy (non-hydrogen) atoms. The lowest BCUT2D eigenvalue weighted by Crippen LogP contribution is -2.53. The molecule has 0 saturated carbocycles. The number of nitrogens with one attached hydrogen (secondary N) is 1. The van der Waals surface area contributed by atoms with E-state index >= 15 is 0 Å². The van der Waals surface area contributed by atoms with E-state index in [1.165, 1.54) is 7.11 Å². The zero-order valence-electron chi connectivity index (χ0n) is 12.7. The van der Waals surface area contributed by atoms with Crippen molar-refractivity contribution in [2.24, 2.45) is 0 Å². The first-order valence-electron chi connectivity index (χ1n) is 6.74. The summed E-state index contributed by atoms with van der Waals surface area (Å²) in [5.74, 6) is 0.874. The molecule has 0 unspecified atom stereocenters. The van der Waals surface area contributed by atoms with E-state index in [2.05, 4.69) is 5.32 Å². The van der Waals surface area contributed by atoms with E-state index in [1.807, 2.05) is 0 Å². The van der Waals surface area contributed by atoms with E-state index in [-0.39, 0.29) is 18.2 Å². The predicted octanol–water partition coefficient (Wildman–Crippen LogP) is 1.34. The fourth-order valence-electron chi connectivity index (χ4n) is 2.35. The van der Waals surface area contributed by atoms with Gasteiger partial charge in [-0.1, -0.05) is 0 Å². The second-order valence-electron chi connectivity index (χ2n) is 5.42. The minimum absolute atomic E-state index is 0.136. The third-order valence-electron chi connectivity index (χ3n) is 3.47. The van der Waals surface area contributed by atoms with Gasteiger partial charge >= 0.3 is 0 Å². The fourth-order valence-corrected chi connectivity index (χ4v) is 2.35. The van der Waals surface area contributed by atoms with Crippen LogP contribution in [0.3, 0.4) is 0 Å². The topological polar surface area (TPSA) is 67.9 Å². The Balaban J connectivity index is 2.44. The van der Waals surface area contributed by atoms with Crippen LogP contribution in [0.2, 0.25) is 0 Å². The Kier molecular flexibility index (Phi) is 4.06. The average molecular weight is 292 g/mol. The first kappa shape index (κ1) is 15.2. The standard InChI is InChI=1S/C15H20N2O4/c1-15(2)14(19)17(8-7-13(18)16-15)11-6-5-10(20-3)9-12(11)21-4/h5-6,9H,7-8H2,1-4H3,(H,16,18). The molecule has 1 aromatic carbocycles. The minimum Gasteiger partial charge on any atom is -0.497 e. The summed E-state index contributed by atoms with van der Waals surface area (Å²) >= 11 is 0. The van der Waals surface area contributed by atoms with Crippen LogP contribution in [0.25, 0.3) is 0 Å². The van der Waals surface area contributed by atoms with E-state index in [4.69, 9.17) is 9.47 Å². The summed E-state index contributed by atoms with van der Waals surface area (Å²) in [6.07, 6.45) is 0.254. The molecule has 1 aliphatic rings. The molecule has 0 aromatic heterocycles. The van der Waals surface area contributed by atoms with Gasteiger partial charge in [-0.3, -0.25) is 9.59 Å². The monoisotopic (exact) mass is 292 g/mol. The van der Waals surface area contributed by atoms with E-state index in [0.717, 1.165) is 0 Å². The van der Waals surface area contributed by atoms with Gasteiger partial charge in [0.1, 0.15) is 17.0 Å². The van der Waals surface area contributed by atoms with Crippen LogP contribution in [0.15, 0.2) is 18.2 Å². The van der Waals surface area contributed by atoms with Crippen molar-refractivity contribution in [3.63, 3.8) is 0 Å². The van der Waals surface area contributed by atoms with Crippen LogP contribution in [-0.2, 0) is 9.59 Å². The van der Waals surface area contributed by atoms with Crippen LogP contribution in [0, 0.1) is 0 Å². The Labute approximate surface area is 124 Å². The molecule has 114 valence electrons. The second kappa shape index (κ2) is 5.63. The summed E-state index contributed by atoms with van der Waals surface area (Å²) in [7, 11) is 3.10. The third kappa shape index (κ3) is 2.94. The molecule has 1 N–H and O–H groups in total. The van der Waals surface area contributed by atoms with Crippen LogP contribution in [0.1, 0.15) is 20.3 Å². The maximum Gasteiger partial charge on any atom is 0.252 e. The molecule has 6 heteroatoms. The first-order valence-corrected chi connectivity index (χ1v) is 6.74. The third-order valence-corrected chi connectivity index (χ3v) is 3.47. The summed E-state index contributed by atoms with van der Waals surface area (Å²) in [5, 5.41) is 2.73. The Morgan fingerprint density at radius 1 is 1.19 bits per heavy atom. The van der Waals surface area contributed by atoms with Crippen molar-refractivity contribution in [1.82, 2.24) is 5.32 Å². The highest BCUT2D eigenvalue weighted by Crippen LogP contribution is 2.34. The van der Waals surface area contributed by atoms with E-state index in [1.54, 1.807) is 44.1 Å².